The predicted octanol–water partition coefficient (Wildman–Crippen LogP) is 5.81. The van der Waals surface area contributed by atoms with Crippen LogP contribution >= 0.6 is 26.8 Å². The third kappa shape index (κ3) is 6.70. The monoisotopic (exact) mass is 431 g/mol. The zero-order valence-corrected chi connectivity index (χ0v) is 18.7. The third-order valence-electron chi connectivity index (χ3n) is 3.93. The summed E-state index contributed by atoms with van der Waals surface area (Å²) in [6.45, 7) is 7.21. The number of aliphatic imine (C=N–C) groups is 1. The smallest absolute Gasteiger partial charge is 0.307 e. The predicted molar refractivity (Wildman–Crippen MR) is 106 cm³/mol. The second-order valence-electron chi connectivity index (χ2n) is 5.97. The molecule has 1 aliphatic carbocycles. The Labute approximate surface area is 162 Å². The summed E-state index contributed by atoms with van der Waals surface area (Å²) in [5.41, 5.74) is -1.40. The Balaban J connectivity index is 3.30. The molecule has 1 saturated carbocycles. The highest BCUT2D eigenvalue weighted by Gasteiger charge is 2.51. The molecular formula is C16H32ClNO6P2. The summed E-state index contributed by atoms with van der Waals surface area (Å²) in [5.74, 6) is 0. The molecular weight excluding hydrogens is 400 g/mol. The van der Waals surface area contributed by atoms with Crippen molar-refractivity contribution in [2.24, 2.45) is 4.99 Å². The molecule has 0 atom stereocenters. The van der Waals surface area contributed by atoms with E-state index in [9.17, 15) is 9.13 Å². The van der Waals surface area contributed by atoms with E-state index in [-0.39, 0.29) is 26.4 Å². The zero-order chi connectivity index (χ0) is 19.7. The van der Waals surface area contributed by atoms with E-state index in [1.54, 1.807) is 27.7 Å². The van der Waals surface area contributed by atoms with Crippen molar-refractivity contribution in [3.8, 4) is 0 Å². The van der Waals surface area contributed by atoms with Crippen molar-refractivity contribution >= 4 is 33.0 Å². The maximum atomic E-state index is 13.4. The lowest BCUT2D eigenvalue weighted by molar-refractivity contribution is 0.196. The van der Waals surface area contributed by atoms with E-state index in [2.05, 4.69) is 4.99 Å². The first-order valence-corrected chi connectivity index (χ1v) is 12.9. The van der Waals surface area contributed by atoms with Crippen LogP contribution in [0.3, 0.4) is 0 Å². The molecule has 0 aromatic carbocycles. The highest BCUT2D eigenvalue weighted by atomic mass is 35.5. The second-order valence-corrected chi connectivity index (χ2v) is 11.3. The molecule has 0 radical (unpaired) electrons. The van der Waals surface area contributed by atoms with Crippen LogP contribution in [0.4, 0.5) is 0 Å². The molecule has 0 spiro atoms. The standard InChI is InChI=1S/C16H32ClNO6P2/c1-5-21-25(19,22-6-2)15(26(20,23-7-3)24-8-4)18-14-16(17)12-10-9-11-13-16/h14-15H,5-13H2,1-4H3/b18-14+. The highest BCUT2D eigenvalue weighted by molar-refractivity contribution is 7.72. The molecule has 0 aromatic heterocycles. The largest absolute Gasteiger partial charge is 0.367 e. The molecule has 0 N–H and O–H groups in total. The SMILES string of the molecule is CCOP(=O)(OCC)C(/N=C/C1(Cl)CCCCC1)P(=O)(OCC)OCC. The van der Waals surface area contributed by atoms with E-state index in [0.29, 0.717) is 0 Å². The number of hydrogen-bond donors (Lipinski definition) is 0. The van der Waals surface area contributed by atoms with Crippen LogP contribution in [0.5, 0.6) is 0 Å². The lowest BCUT2D eigenvalue weighted by atomic mass is 9.89. The summed E-state index contributed by atoms with van der Waals surface area (Å²) in [4.78, 5) is 3.70. The topological polar surface area (TPSA) is 83.4 Å². The van der Waals surface area contributed by atoms with Crippen molar-refractivity contribution < 1.29 is 27.2 Å². The Morgan fingerprint density at radius 1 is 0.885 bits per heavy atom. The summed E-state index contributed by atoms with van der Waals surface area (Å²) in [6, 6.07) is 0. The molecule has 1 rings (SSSR count). The van der Waals surface area contributed by atoms with Gasteiger partial charge in [-0.05, 0) is 40.5 Å². The first-order chi connectivity index (χ1) is 12.3. The Morgan fingerprint density at radius 3 is 1.62 bits per heavy atom. The molecule has 0 bridgehead atoms. The van der Waals surface area contributed by atoms with Gasteiger partial charge in [0.2, 0.25) is 0 Å². The lowest BCUT2D eigenvalue weighted by Crippen LogP contribution is -2.27. The van der Waals surface area contributed by atoms with E-state index in [1.165, 1.54) is 6.21 Å². The quantitative estimate of drug-likeness (QED) is 0.220. The minimum atomic E-state index is -3.88. The van der Waals surface area contributed by atoms with Crippen molar-refractivity contribution in [3.05, 3.63) is 0 Å². The number of nitrogens with zero attached hydrogens (tertiary/aromatic N) is 1. The molecule has 0 saturated heterocycles. The molecule has 0 heterocycles. The van der Waals surface area contributed by atoms with E-state index in [0.717, 1.165) is 32.1 Å². The van der Waals surface area contributed by atoms with E-state index in [1.807, 2.05) is 0 Å². The van der Waals surface area contributed by atoms with Crippen LogP contribution in [0.15, 0.2) is 4.99 Å². The molecule has 0 amide bonds. The summed E-state index contributed by atoms with van der Waals surface area (Å²) in [7, 11) is -7.76. The number of hydrogen-bond acceptors (Lipinski definition) is 7. The molecule has 0 unspecified atom stereocenters. The Bertz CT molecular complexity index is 489. The first kappa shape index (κ1) is 24.3. The Kier molecular flexibility index (Phi) is 10.6. The van der Waals surface area contributed by atoms with Gasteiger partial charge in [0.1, 0.15) is 0 Å². The maximum Gasteiger partial charge on any atom is 0.367 e. The molecule has 1 fully saturated rings. The number of rotatable bonds is 12. The minimum absolute atomic E-state index is 0.119. The lowest BCUT2D eigenvalue weighted by Gasteiger charge is -2.31. The molecule has 1 aliphatic rings. The fourth-order valence-corrected chi connectivity index (χ4v) is 7.96. The summed E-state index contributed by atoms with van der Waals surface area (Å²) < 4.78 is 48.3. The fourth-order valence-electron chi connectivity index (χ4n) is 2.87. The summed E-state index contributed by atoms with van der Waals surface area (Å²) in [6.07, 6.45) is 6.15. The van der Waals surface area contributed by atoms with E-state index >= 15 is 0 Å². The van der Waals surface area contributed by atoms with Gasteiger partial charge in [0.15, 0.2) is 0 Å². The van der Waals surface area contributed by atoms with Crippen molar-refractivity contribution in [1.29, 1.82) is 0 Å². The van der Waals surface area contributed by atoms with Crippen molar-refractivity contribution in [2.45, 2.75) is 70.2 Å². The van der Waals surface area contributed by atoms with Crippen molar-refractivity contribution in [3.63, 3.8) is 0 Å². The molecule has 10 heteroatoms. The highest BCUT2D eigenvalue weighted by Crippen LogP contribution is 2.70. The van der Waals surface area contributed by atoms with Gasteiger partial charge < -0.3 is 18.1 Å². The van der Waals surface area contributed by atoms with Gasteiger partial charge in [0, 0.05) is 6.21 Å². The van der Waals surface area contributed by atoms with Crippen molar-refractivity contribution in [1.82, 2.24) is 0 Å². The van der Waals surface area contributed by atoms with Crippen LogP contribution < -0.4 is 0 Å². The third-order valence-corrected chi connectivity index (χ3v) is 9.97. The molecule has 26 heavy (non-hydrogen) atoms. The van der Waals surface area contributed by atoms with Gasteiger partial charge in [0.05, 0.1) is 31.3 Å². The van der Waals surface area contributed by atoms with Crippen LogP contribution in [0.2, 0.25) is 0 Å². The molecule has 154 valence electrons. The summed E-state index contributed by atoms with van der Waals surface area (Å²) in [5, 5.41) is 0. The molecule has 0 aromatic rings. The summed E-state index contributed by atoms with van der Waals surface area (Å²) >= 11 is 6.64. The van der Waals surface area contributed by atoms with Gasteiger partial charge in [-0.3, -0.25) is 14.1 Å². The van der Waals surface area contributed by atoms with Crippen LogP contribution in [-0.4, -0.2) is 43.0 Å². The van der Waals surface area contributed by atoms with E-state index < -0.39 is 25.6 Å². The Hall–Kier alpha value is 0.260. The normalized spacial score (nSPS) is 18.7. The number of alkyl halides is 1. The van der Waals surface area contributed by atoms with Crippen LogP contribution in [0, 0.1) is 0 Å². The zero-order valence-electron chi connectivity index (χ0n) is 16.2. The van der Waals surface area contributed by atoms with E-state index in [4.69, 9.17) is 29.7 Å². The fraction of sp³-hybridized carbons (Fsp3) is 0.938. The van der Waals surface area contributed by atoms with Crippen molar-refractivity contribution in [2.75, 3.05) is 26.4 Å². The van der Waals surface area contributed by atoms with Crippen LogP contribution in [0.25, 0.3) is 0 Å². The molecule has 7 nitrogen and oxygen atoms in total. The van der Waals surface area contributed by atoms with Crippen LogP contribution in [-0.2, 0) is 27.2 Å². The average Bonchev–Trinajstić information content (AvgIpc) is 2.56. The molecule has 0 aliphatic heterocycles. The number of halogens is 1. The van der Waals surface area contributed by atoms with Gasteiger partial charge in [-0.2, -0.15) is 0 Å². The van der Waals surface area contributed by atoms with Gasteiger partial charge in [0.25, 0.3) is 5.52 Å². The minimum Gasteiger partial charge on any atom is -0.307 e. The van der Waals surface area contributed by atoms with Gasteiger partial charge >= 0.3 is 15.2 Å². The average molecular weight is 432 g/mol. The van der Waals surface area contributed by atoms with Gasteiger partial charge in [-0.1, -0.05) is 19.3 Å². The van der Waals surface area contributed by atoms with Crippen LogP contribution in [0.1, 0.15) is 59.8 Å². The second kappa shape index (κ2) is 11.3. The maximum absolute atomic E-state index is 13.4. The van der Waals surface area contributed by atoms with Gasteiger partial charge in [-0.15, -0.1) is 11.6 Å². The van der Waals surface area contributed by atoms with Gasteiger partial charge in [-0.25, -0.2) is 0 Å². The first-order valence-electron chi connectivity index (χ1n) is 9.30. The Morgan fingerprint density at radius 2 is 1.27 bits per heavy atom.